The molecule has 0 bridgehead atoms. The molecule has 0 fully saturated rings. The van der Waals surface area contributed by atoms with E-state index in [0.29, 0.717) is 10.6 Å². The Kier molecular flexibility index (Phi) is 3.48. The van der Waals surface area contributed by atoms with Crippen LogP contribution in [0.3, 0.4) is 0 Å². The molecular weight excluding hydrogens is 296 g/mol. The first kappa shape index (κ1) is 12.5. The van der Waals surface area contributed by atoms with E-state index in [-0.39, 0.29) is 9.20 Å². The molecule has 0 unspecified atom stereocenters. The van der Waals surface area contributed by atoms with Gasteiger partial charge in [-0.15, -0.1) is 11.3 Å². The summed E-state index contributed by atoms with van der Waals surface area (Å²) < 4.78 is 26.6. The lowest BCUT2D eigenvalue weighted by molar-refractivity contribution is 0.603. The average molecular weight is 304 g/mol. The Bertz CT molecular complexity index is 628. The van der Waals surface area contributed by atoms with Gasteiger partial charge in [0.2, 0.25) is 0 Å². The van der Waals surface area contributed by atoms with E-state index in [4.69, 9.17) is 18.0 Å². The predicted octanol–water partition coefficient (Wildman–Crippen LogP) is 2.24. The smallest absolute Gasteiger partial charge is 0.271 e. The first-order valence-electron chi connectivity index (χ1n) is 4.44. The number of rotatable bonds is 4. The average Bonchev–Trinajstić information content (AvgIpc) is 2.84. The van der Waals surface area contributed by atoms with Crippen molar-refractivity contribution in [1.29, 1.82) is 0 Å². The second-order valence-corrected chi connectivity index (χ2v) is 7.31. The SMILES string of the molecule is NC(=S)c1ccc(S(=O)(=O)Nc2ccsc2)s1. The van der Waals surface area contributed by atoms with Crippen LogP contribution in [-0.2, 0) is 10.0 Å². The van der Waals surface area contributed by atoms with Gasteiger partial charge in [-0.05, 0) is 23.6 Å². The Morgan fingerprint density at radius 3 is 2.65 bits per heavy atom. The maximum atomic E-state index is 12.0. The summed E-state index contributed by atoms with van der Waals surface area (Å²) in [5, 5.41) is 3.52. The number of thiophene rings is 2. The Morgan fingerprint density at radius 1 is 1.35 bits per heavy atom. The summed E-state index contributed by atoms with van der Waals surface area (Å²) in [6, 6.07) is 4.80. The zero-order valence-corrected chi connectivity index (χ0v) is 11.7. The number of thiocarbonyl (C=S) groups is 1. The van der Waals surface area contributed by atoms with Crippen molar-refractivity contribution in [3.8, 4) is 0 Å². The van der Waals surface area contributed by atoms with Crippen LogP contribution in [0.2, 0.25) is 0 Å². The fraction of sp³-hybridized carbons (Fsp3) is 0. The molecule has 2 heterocycles. The molecule has 0 amide bonds. The Morgan fingerprint density at radius 2 is 2.12 bits per heavy atom. The van der Waals surface area contributed by atoms with Crippen molar-refractivity contribution < 1.29 is 8.42 Å². The normalized spacial score (nSPS) is 11.3. The third kappa shape index (κ3) is 2.83. The van der Waals surface area contributed by atoms with Crippen LogP contribution in [0.5, 0.6) is 0 Å². The van der Waals surface area contributed by atoms with Crippen LogP contribution in [-0.4, -0.2) is 13.4 Å². The largest absolute Gasteiger partial charge is 0.389 e. The van der Waals surface area contributed by atoms with E-state index >= 15 is 0 Å². The van der Waals surface area contributed by atoms with Gasteiger partial charge < -0.3 is 5.73 Å². The fourth-order valence-corrected chi connectivity index (χ4v) is 4.19. The van der Waals surface area contributed by atoms with Crippen LogP contribution in [0.15, 0.2) is 33.2 Å². The zero-order valence-electron chi connectivity index (χ0n) is 8.41. The summed E-state index contributed by atoms with van der Waals surface area (Å²) in [6.07, 6.45) is 0. The quantitative estimate of drug-likeness (QED) is 0.850. The molecule has 17 heavy (non-hydrogen) atoms. The topological polar surface area (TPSA) is 72.2 Å². The van der Waals surface area contributed by atoms with E-state index in [0.717, 1.165) is 11.3 Å². The van der Waals surface area contributed by atoms with Gasteiger partial charge in [0, 0.05) is 5.38 Å². The van der Waals surface area contributed by atoms with Crippen LogP contribution in [0.4, 0.5) is 5.69 Å². The maximum absolute atomic E-state index is 12.0. The van der Waals surface area contributed by atoms with Crippen molar-refractivity contribution >= 4 is 55.6 Å². The highest BCUT2D eigenvalue weighted by molar-refractivity contribution is 7.94. The molecule has 0 saturated carbocycles. The monoisotopic (exact) mass is 304 g/mol. The van der Waals surface area contributed by atoms with Crippen molar-refractivity contribution in [3.05, 3.63) is 33.8 Å². The van der Waals surface area contributed by atoms with Crippen molar-refractivity contribution in [1.82, 2.24) is 0 Å². The van der Waals surface area contributed by atoms with Crippen LogP contribution in [0, 0.1) is 0 Å². The number of sulfonamides is 1. The third-order valence-electron chi connectivity index (χ3n) is 1.86. The molecule has 0 radical (unpaired) electrons. The number of nitrogens with two attached hydrogens (primary N) is 1. The highest BCUT2D eigenvalue weighted by atomic mass is 32.2. The van der Waals surface area contributed by atoms with Crippen LogP contribution < -0.4 is 10.5 Å². The lowest BCUT2D eigenvalue weighted by Gasteiger charge is -2.02. The maximum Gasteiger partial charge on any atom is 0.271 e. The summed E-state index contributed by atoms with van der Waals surface area (Å²) in [5.74, 6) is 0. The lowest BCUT2D eigenvalue weighted by Crippen LogP contribution is -2.10. The van der Waals surface area contributed by atoms with Crippen molar-refractivity contribution in [2.24, 2.45) is 5.73 Å². The molecule has 90 valence electrons. The van der Waals surface area contributed by atoms with Crippen LogP contribution in [0.1, 0.15) is 4.88 Å². The third-order valence-corrected chi connectivity index (χ3v) is 5.89. The van der Waals surface area contributed by atoms with Gasteiger partial charge in [0.15, 0.2) is 0 Å². The number of nitrogens with one attached hydrogen (secondary N) is 1. The first-order chi connectivity index (χ1) is 7.99. The van der Waals surface area contributed by atoms with Gasteiger partial charge in [-0.25, -0.2) is 8.42 Å². The minimum absolute atomic E-state index is 0.200. The van der Waals surface area contributed by atoms with Gasteiger partial charge in [-0.3, -0.25) is 4.72 Å². The first-order valence-corrected chi connectivity index (χ1v) is 8.09. The summed E-state index contributed by atoms with van der Waals surface area (Å²) in [7, 11) is -3.54. The van der Waals surface area contributed by atoms with E-state index in [2.05, 4.69) is 4.72 Å². The number of anilines is 1. The van der Waals surface area contributed by atoms with E-state index in [1.165, 1.54) is 17.4 Å². The molecule has 0 aliphatic rings. The van der Waals surface area contributed by atoms with Gasteiger partial charge in [-0.1, -0.05) is 12.2 Å². The number of hydrogen-bond donors (Lipinski definition) is 2. The number of hydrogen-bond acceptors (Lipinski definition) is 5. The van der Waals surface area contributed by atoms with Crippen molar-refractivity contribution in [2.75, 3.05) is 4.72 Å². The minimum Gasteiger partial charge on any atom is -0.389 e. The van der Waals surface area contributed by atoms with E-state index in [1.807, 2.05) is 0 Å². The zero-order chi connectivity index (χ0) is 12.5. The molecular formula is C9H8N2O2S4. The minimum atomic E-state index is -3.54. The highest BCUT2D eigenvalue weighted by Gasteiger charge is 2.17. The molecule has 3 N–H and O–H groups in total. The standard InChI is InChI=1S/C9H8N2O2S4/c10-9(14)7-1-2-8(16-7)17(12,13)11-6-3-4-15-5-6/h1-5,11H,(H2,10,14). The van der Waals surface area contributed by atoms with Gasteiger partial charge in [0.25, 0.3) is 10.0 Å². The molecule has 8 heteroatoms. The Labute approximate surface area is 112 Å². The summed E-state index contributed by atoms with van der Waals surface area (Å²) >= 11 is 7.27. The van der Waals surface area contributed by atoms with Crippen molar-refractivity contribution in [2.45, 2.75) is 4.21 Å². The second kappa shape index (κ2) is 4.73. The predicted molar refractivity (Wildman–Crippen MR) is 75.3 cm³/mol. The fourth-order valence-electron chi connectivity index (χ4n) is 1.12. The molecule has 4 nitrogen and oxygen atoms in total. The summed E-state index contributed by atoms with van der Waals surface area (Å²) in [6.45, 7) is 0. The highest BCUT2D eigenvalue weighted by Crippen LogP contribution is 2.24. The molecule has 0 spiro atoms. The van der Waals surface area contributed by atoms with E-state index < -0.39 is 10.0 Å². The van der Waals surface area contributed by atoms with Crippen molar-refractivity contribution in [3.63, 3.8) is 0 Å². The molecule has 2 aromatic rings. The van der Waals surface area contributed by atoms with E-state index in [9.17, 15) is 8.42 Å². The van der Waals surface area contributed by atoms with Crippen LogP contribution >= 0.6 is 34.9 Å². The van der Waals surface area contributed by atoms with Gasteiger partial charge >= 0.3 is 0 Å². The molecule has 0 saturated heterocycles. The van der Waals surface area contributed by atoms with Crippen LogP contribution in [0.25, 0.3) is 0 Å². The van der Waals surface area contributed by atoms with Gasteiger partial charge in [0.05, 0.1) is 10.6 Å². The molecule has 2 rings (SSSR count). The molecule has 0 atom stereocenters. The summed E-state index contributed by atoms with van der Waals surface area (Å²) in [4.78, 5) is 0.790. The van der Waals surface area contributed by atoms with Gasteiger partial charge in [0.1, 0.15) is 9.20 Å². The second-order valence-electron chi connectivity index (χ2n) is 3.10. The summed E-state index contributed by atoms with van der Waals surface area (Å²) in [5.41, 5.74) is 5.99. The molecule has 0 aromatic carbocycles. The Hall–Kier alpha value is -0.960. The van der Waals surface area contributed by atoms with E-state index in [1.54, 1.807) is 22.9 Å². The Balaban J connectivity index is 2.28. The molecule has 2 aromatic heterocycles. The lowest BCUT2D eigenvalue weighted by atomic mass is 10.5. The van der Waals surface area contributed by atoms with Gasteiger partial charge in [-0.2, -0.15) is 11.3 Å². The molecule has 0 aliphatic carbocycles. The molecule has 0 aliphatic heterocycles.